The molecule has 6 rings (SSSR count). The van der Waals surface area contributed by atoms with Crippen molar-refractivity contribution < 1.29 is 13.9 Å². The van der Waals surface area contributed by atoms with Gasteiger partial charge in [0.15, 0.2) is 0 Å². The molecule has 2 saturated heterocycles. The molecular weight excluding hydrogens is 503 g/mol. The molecule has 2 aliphatic rings. The van der Waals surface area contributed by atoms with Crippen LogP contribution in [0.3, 0.4) is 0 Å². The summed E-state index contributed by atoms with van der Waals surface area (Å²) in [6.07, 6.45) is 1.54. The van der Waals surface area contributed by atoms with E-state index in [0.29, 0.717) is 44.2 Å². The van der Waals surface area contributed by atoms with Gasteiger partial charge in [0, 0.05) is 36.6 Å². The fourth-order valence-corrected chi connectivity index (χ4v) is 5.77. The molecule has 7 heteroatoms. The van der Waals surface area contributed by atoms with Crippen LogP contribution in [0.25, 0.3) is 10.9 Å². The Labute approximate surface area is 235 Å². The Kier molecular flexibility index (Phi) is 8.02. The summed E-state index contributed by atoms with van der Waals surface area (Å²) in [5.41, 5.74) is 4.24. The summed E-state index contributed by atoms with van der Waals surface area (Å²) >= 11 is 0. The van der Waals surface area contributed by atoms with Gasteiger partial charge in [0.05, 0.1) is 36.7 Å². The Balaban J connectivity index is 1.16. The minimum absolute atomic E-state index is 0.0610. The number of fused-ring (bicyclic) bond motifs is 1. The second-order valence-corrected chi connectivity index (χ2v) is 10.7. The van der Waals surface area contributed by atoms with E-state index in [1.54, 1.807) is 11.0 Å². The second kappa shape index (κ2) is 12.1. The maximum absolute atomic E-state index is 15.4. The van der Waals surface area contributed by atoms with Gasteiger partial charge in [-0.3, -0.25) is 14.7 Å². The number of aromatic nitrogens is 1. The summed E-state index contributed by atoms with van der Waals surface area (Å²) in [4.78, 5) is 24.9. The summed E-state index contributed by atoms with van der Waals surface area (Å²) in [6.45, 7) is 5.35. The normalized spacial score (nSPS) is 16.8. The van der Waals surface area contributed by atoms with Crippen LogP contribution >= 0.6 is 0 Å². The number of nitrogens with zero attached hydrogens (tertiary/aromatic N) is 4. The van der Waals surface area contributed by atoms with Crippen molar-refractivity contribution >= 4 is 28.2 Å². The highest BCUT2D eigenvalue weighted by molar-refractivity contribution is 5.95. The molecule has 206 valence electrons. The number of halogens is 1. The molecule has 2 fully saturated rings. The number of morpholine rings is 1. The standard InChI is InChI=1S/C33H35FN4O2/c34-30-22-29(12-13-32(30)37-18-20-40-21-19-37)38(23-25-6-2-1-3-7-25)33(39)27-14-16-36(17-15-27)24-28-11-10-26-8-4-5-9-31(26)35-28/h1-13,22,27H,14-21,23-24H2. The fraction of sp³-hybridized carbons (Fsp3) is 0.333. The van der Waals surface area contributed by atoms with Gasteiger partial charge in [-0.2, -0.15) is 0 Å². The van der Waals surface area contributed by atoms with Crippen LogP contribution in [-0.4, -0.2) is 55.2 Å². The lowest BCUT2D eigenvalue weighted by atomic mass is 9.94. The van der Waals surface area contributed by atoms with E-state index in [2.05, 4.69) is 23.1 Å². The molecule has 0 bridgehead atoms. The Morgan fingerprint density at radius 1 is 0.900 bits per heavy atom. The predicted molar refractivity (Wildman–Crippen MR) is 157 cm³/mol. The summed E-state index contributed by atoms with van der Waals surface area (Å²) in [5.74, 6) is -0.347. The Hall–Kier alpha value is -3.81. The van der Waals surface area contributed by atoms with Crippen molar-refractivity contribution in [3.8, 4) is 0 Å². The highest BCUT2D eigenvalue weighted by atomic mass is 19.1. The van der Waals surface area contributed by atoms with E-state index in [9.17, 15) is 4.79 Å². The van der Waals surface area contributed by atoms with Crippen molar-refractivity contribution in [2.45, 2.75) is 25.9 Å². The topological polar surface area (TPSA) is 48.9 Å². The third-order valence-corrected chi connectivity index (χ3v) is 8.02. The number of carbonyl (C=O) groups excluding carboxylic acids is 1. The van der Waals surface area contributed by atoms with E-state index in [1.807, 2.05) is 59.5 Å². The fourth-order valence-electron chi connectivity index (χ4n) is 5.77. The zero-order valence-electron chi connectivity index (χ0n) is 22.7. The number of amides is 1. The molecule has 4 aromatic rings. The number of hydrogen-bond acceptors (Lipinski definition) is 5. The maximum atomic E-state index is 15.4. The second-order valence-electron chi connectivity index (χ2n) is 10.7. The minimum atomic E-state index is -0.303. The molecule has 0 aliphatic carbocycles. The van der Waals surface area contributed by atoms with Crippen LogP contribution in [0.5, 0.6) is 0 Å². The van der Waals surface area contributed by atoms with Crippen LogP contribution in [0, 0.1) is 11.7 Å². The predicted octanol–water partition coefficient (Wildman–Crippen LogP) is 5.66. The number of anilines is 2. The molecule has 0 saturated carbocycles. The van der Waals surface area contributed by atoms with Gasteiger partial charge in [0.2, 0.25) is 5.91 Å². The highest BCUT2D eigenvalue weighted by Crippen LogP contribution is 2.30. The number of pyridine rings is 1. The van der Waals surface area contributed by atoms with E-state index < -0.39 is 0 Å². The molecule has 6 nitrogen and oxygen atoms in total. The Morgan fingerprint density at radius 2 is 1.65 bits per heavy atom. The van der Waals surface area contributed by atoms with E-state index in [-0.39, 0.29) is 17.6 Å². The lowest BCUT2D eigenvalue weighted by Crippen LogP contribution is -2.42. The van der Waals surface area contributed by atoms with Crippen LogP contribution in [-0.2, 0) is 22.6 Å². The van der Waals surface area contributed by atoms with Gasteiger partial charge in [-0.1, -0.05) is 54.6 Å². The number of piperidine rings is 1. The summed E-state index contributed by atoms with van der Waals surface area (Å²) < 4.78 is 20.8. The quantitative estimate of drug-likeness (QED) is 0.304. The minimum Gasteiger partial charge on any atom is -0.378 e. The molecular formula is C33H35FN4O2. The van der Waals surface area contributed by atoms with Crippen molar-refractivity contribution in [2.75, 3.05) is 49.2 Å². The van der Waals surface area contributed by atoms with Gasteiger partial charge in [-0.25, -0.2) is 4.39 Å². The number of para-hydroxylation sites is 1. The zero-order chi connectivity index (χ0) is 27.3. The van der Waals surface area contributed by atoms with Crippen LogP contribution in [0.4, 0.5) is 15.8 Å². The molecule has 1 amide bonds. The average molecular weight is 539 g/mol. The maximum Gasteiger partial charge on any atom is 0.230 e. The van der Waals surface area contributed by atoms with E-state index in [4.69, 9.17) is 9.72 Å². The molecule has 0 unspecified atom stereocenters. The van der Waals surface area contributed by atoms with Crippen LogP contribution < -0.4 is 9.80 Å². The van der Waals surface area contributed by atoms with Crippen LogP contribution in [0.1, 0.15) is 24.1 Å². The first-order chi connectivity index (χ1) is 19.6. The van der Waals surface area contributed by atoms with Gasteiger partial charge in [0.25, 0.3) is 0 Å². The van der Waals surface area contributed by atoms with Crippen LogP contribution in [0.15, 0.2) is 84.9 Å². The molecule has 1 aromatic heterocycles. The van der Waals surface area contributed by atoms with Gasteiger partial charge in [0.1, 0.15) is 5.82 Å². The number of hydrogen-bond donors (Lipinski definition) is 0. The molecule has 3 heterocycles. The van der Waals surface area contributed by atoms with Crippen LogP contribution in [0.2, 0.25) is 0 Å². The molecule has 2 aliphatic heterocycles. The smallest absolute Gasteiger partial charge is 0.230 e. The number of carbonyl (C=O) groups is 1. The molecule has 3 aromatic carbocycles. The van der Waals surface area contributed by atoms with Crippen molar-refractivity contribution in [3.05, 3.63) is 102 Å². The Bertz CT molecular complexity index is 1450. The molecule has 40 heavy (non-hydrogen) atoms. The van der Waals surface area contributed by atoms with Crippen molar-refractivity contribution in [2.24, 2.45) is 5.92 Å². The highest BCUT2D eigenvalue weighted by Gasteiger charge is 2.30. The van der Waals surface area contributed by atoms with Gasteiger partial charge in [-0.15, -0.1) is 0 Å². The van der Waals surface area contributed by atoms with E-state index in [1.165, 1.54) is 6.07 Å². The monoisotopic (exact) mass is 538 g/mol. The number of ether oxygens (including phenoxy) is 1. The molecule has 0 radical (unpaired) electrons. The van der Waals surface area contributed by atoms with Gasteiger partial charge in [-0.05, 0) is 61.8 Å². The lowest BCUT2D eigenvalue weighted by molar-refractivity contribution is -0.124. The average Bonchev–Trinajstić information content (AvgIpc) is 3.01. The molecule has 0 N–H and O–H groups in total. The molecule has 0 atom stereocenters. The van der Waals surface area contributed by atoms with Gasteiger partial charge < -0.3 is 14.5 Å². The molecule has 0 spiro atoms. The SMILES string of the molecule is O=C(C1CCN(Cc2ccc3ccccc3n2)CC1)N(Cc1ccccc1)c1ccc(N2CCOCC2)c(F)c1. The van der Waals surface area contributed by atoms with Crippen molar-refractivity contribution in [1.82, 2.24) is 9.88 Å². The summed E-state index contributed by atoms with van der Waals surface area (Å²) in [5, 5.41) is 1.14. The third kappa shape index (κ3) is 6.01. The lowest BCUT2D eigenvalue weighted by Gasteiger charge is -2.34. The summed E-state index contributed by atoms with van der Waals surface area (Å²) in [7, 11) is 0. The first-order valence-corrected chi connectivity index (χ1v) is 14.2. The van der Waals surface area contributed by atoms with E-state index >= 15 is 4.39 Å². The van der Waals surface area contributed by atoms with Crippen molar-refractivity contribution in [1.29, 1.82) is 0 Å². The van der Waals surface area contributed by atoms with Crippen molar-refractivity contribution in [3.63, 3.8) is 0 Å². The largest absolute Gasteiger partial charge is 0.378 e. The summed E-state index contributed by atoms with van der Waals surface area (Å²) in [6, 6.07) is 27.5. The number of benzene rings is 3. The number of likely N-dealkylation sites (tertiary alicyclic amines) is 1. The Morgan fingerprint density at radius 3 is 2.42 bits per heavy atom. The number of rotatable bonds is 7. The van der Waals surface area contributed by atoms with E-state index in [0.717, 1.165) is 54.6 Å². The third-order valence-electron chi connectivity index (χ3n) is 8.02. The zero-order valence-corrected chi connectivity index (χ0v) is 22.7. The van der Waals surface area contributed by atoms with Gasteiger partial charge >= 0.3 is 0 Å². The first-order valence-electron chi connectivity index (χ1n) is 14.2. The first kappa shape index (κ1) is 26.4.